The topological polar surface area (TPSA) is 63.5 Å². The molecular formula is C24H29N5O2S2. The van der Waals surface area contributed by atoms with Crippen molar-refractivity contribution in [1.29, 1.82) is 0 Å². The summed E-state index contributed by atoms with van der Waals surface area (Å²) in [6, 6.07) is 10.7. The van der Waals surface area contributed by atoms with Crippen LogP contribution in [-0.4, -0.2) is 64.2 Å². The van der Waals surface area contributed by atoms with E-state index >= 15 is 0 Å². The molecule has 0 saturated carbocycles. The lowest BCUT2D eigenvalue weighted by molar-refractivity contribution is -0.131. The highest BCUT2D eigenvalue weighted by Crippen LogP contribution is 2.36. The molecular weight excluding hydrogens is 454 g/mol. The molecule has 1 saturated heterocycles. The number of amides is 1. The van der Waals surface area contributed by atoms with Crippen LogP contribution in [0.3, 0.4) is 0 Å². The maximum atomic E-state index is 13.3. The third kappa shape index (κ3) is 4.54. The Morgan fingerprint density at radius 1 is 1.21 bits per heavy atom. The van der Waals surface area contributed by atoms with E-state index in [-0.39, 0.29) is 11.9 Å². The Morgan fingerprint density at radius 2 is 2.06 bits per heavy atom. The normalized spacial score (nSPS) is 18.4. The zero-order valence-electron chi connectivity index (χ0n) is 19.1. The monoisotopic (exact) mass is 483 g/mol. The third-order valence-corrected chi connectivity index (χ3v) is 8.21. The minimum atomic E-state index is 0.162. The fourth-order valence-corrected chi connectivity index (χ4v) is 6.42. The first kappa shape index (κ1) is 22.4. The predicted octanol–water partition coefficient (Wildman–Crippen LogP) is 4.10. The van der Waals surface area contributed by atoms with E-state index in [1.165, 1.54) is 27.8 Å². The van der Waals surface area contributed by atoms with Gasteiger partial charge in [0.1, 0.15) is 0 Å². The smallest absolute Gasteiger partial charge is 0.233 e. The van der Waals surface area contributed by atoms with E-state index in [1.54, 1.807) is 0 Å². The summed E-state index contributed by atoms with van der Waals surface area (Å²) in [7, 11) is 0. The van der Waals surface area contributed by atoms with Crippen molar-refractivity contribution >= 4 is 35.0 Å². The Bertz CT molecular complexity index is 1120. The predicted molar refractivity (Wildman–Crippen MR) is 133 cm³/mol. The molecule has 9 heteroatoms. The van der Waals surface area contributed by atoms with E-state index in [2.05, 4.69) is 68.1 Å². The van der Waals surface area contributed by atoms with Gasteiger partial charge in [-0.15, -0.1) is 21.5 Å². The van der Waals surface area contributed by atoms with Crippen LogP contribution in [0.5, 0.6) is 0 Å². The number of thiophene rings is 1. The number of ether oxygens (including phenoxy) is 1. The Labute approximate surface area is 202 Å². The SMILES string of the molecule is CCC1c2ccsc2CCN1C(=O)CSc1nnc(N2CCOCC2)n1-c1cccc(C)c1. The first-order valence-corrected chi connectivity index (χ1v) is 13.4. The number of rotatable bonds is 6. The number of morpholine rings is 1. The van der Waals surface area contributed by atoms with Gasteiger partial charge in [-0.3, -0.25) is 9.36 Å². The summed E-state index contributed by atoms with van der Waals surface area (Å²) in [6.07, 6.45) is 1.88. The minimum Gasteiger partial charge on any atom is -0.378 e. The number of hydrogen-bond acceptors (Lipinski definition) is 7. The second-order valence-electron chi connectivity index (χ2n) is 8.41. The highest BCUT2D eigenvalue weighted by molar-refractivity contribution is 7.99. The number of benzene rings is 1. The van der Waals surface area contributed by atoms with E-state index in [1.807, 2.05) is 17.4 Å². The van der Waals surface area contributed by atoms with Crippen molar-refractivity contribution in [3.8, 4) is 5.69 Å². The zero-order valence-corrected chi connectivity index (χ0v) is 20.7. The highest BCUT2D eigenvalue weighted by atomic mass is 32.2. The molecule has 0 bridgehead atoms. The molecule has 3 aromatic rings. The minimum absolute atomic E-state index is 0.162. The lowest BCUT2D eigenvalue weighted by atomic mass is 9.98. The van der Waals surface area contributed by atoms with Crippen molar-refractivity contribution in [2.45, 2.75) is 37.9 Å². The molecule has 7 nitrogen and oxygen atoms in total. The molecule has 174 valence electrons. The summed E-state index contributed by atoms with van der Waals surface area (Å²) in [5.74, 6) is 1.32. The largest absolute Gasteiger partial charge is 0.378 e. The number of fused-ring (bicyclic) bond motifs is 1. The van der Waals surface area contributed by atoms with Gasteiger partial charge in [-0.2, -0.15) is 0 Å². The number of carbonyl (C=O) groups excluding carboxylic acids is 1. The third-order valence-electron chi connectivity index (χ3n) is 6.30. The fraction of sp³-hybridized carbons (Fsp3) is 0.458. The van der Waals surface area contributed by atoms with Gasteiger partial charge in [0.05, 0.1) is 30.7 Å². The van der Waals surface area contributed by atoms with Gasteiger partial charge in [0, 0.05) is 24.5 Å². The van der Waals surface area contributed by atoms with Crippen LogP contribution >= 0.6 is 23.1 Å². The van der Waals surface area contributed by atoms with Gasteiger partial charge in [-0.1, -0.05) is 30.8 Å². The average Bonchev–Trinajstić information content (AvgIpc) is 3.49. The summed E-state index contributed by atoms with van der Waals surface area (Å²) < 4.78 is 7.61. The van der Waals surface area contributed by atoms with Crippen molar-refractivity contribution in [3.05, 3.63) is 51.7 Å². The summed E-state index contributed by atoms with van der Waals surface area (Å²) >= 11 is 3.28. The molecule has 5 rings (SSSR count). The van der Waals surface area contributed by atoms with Crippen LogP contribution in [0.2, 0.25) is 0 Å². The van der Waals surface area contributed by atoms with Gasteiger partial charge in [0.15, 0.2) is 5.16 Å². The molecule has 1 unspecified atom stereocenters. The summed E-state index contributed by atoms with van der Waals surface area (Å²) in [5.41, 5.74) is 3.51. The number of aromatic nitrogens is 3. The Morgan fingerprint density at radius 3 is 2.85 bits per heavy atom. The Kier molecular flexibility index (Phi) is 6.71. The standard InChI is InChI=1S/C24H29N5O2S2/c1-3-20-19-8-14-32-21(19)7-9-28(20)22(30)16-33-24-26-25-23(27-10-12-31-13-11-27)29(24)18-6-4-5-17(2)15-18/h4-6,8,14-15,20H,3,7,9-13,16H2,1-2H3. The van der Waals surface area contributed by atoms with E-state index in [9.17, 15) is 4.79 Å². The van der Waals surface area contributed by atoms with Gasteiger partial charge in [0.25, 0.3) is 0 Å². The molecule has 1 aromatic carbocycles. The fourth-order valence-electron chi connectivity index (χ4n) is 4.66. The number of thioether (sulfide) groups is 1. The van der Waals surface area contributed by atoms with Gasteiger partial charge >= 0.3 is 0 Å². The van der Waals surface area contributed by atoms with E-state index in [0.717, 1.165) is 49.3 Å². The van der Waals surface area contributed by atoms with Crippen LogP contribution in [0.15, 0.2) is 40.9 Å². The molecule has 33 heavy (non-hydrogen) atoms. The molecule has 1 atom stereocenters. The van der Waals surface area contributed by atoms with Crippen molar-refractivity contribution in [2.75, 3.05) is 43.5 Å². The number of carbonyl (C=O) groups is 1. The van der Waals surface area contributed by atoms with Crippen LogP contribution < -0.4 is 4.90 Å². The molecule has 0 aliphatic carbocycles. The van der Waals surface area contributed by atoms with Crippen molar-refractivity contribution < 1.29 is 9.53 Å². The molecule has 1 amide bonds. The van der Waals surface area contributed by atoms with Crippen LogP contribution in [0, 0.1) is 6.92 Å². The molecule has 2 aromatic heterocycles. The van der Waals surface area contributed by atoms with Gasteiger partial charge in [-0.25, -0.2) is 0 Å². The maximum Gasteiger partial charge on any atom is 0.233 e. The molecule has 2 aliphatic heterocycles. The maximum absolute atomic E-state index is 13.3. The summed E-state index contributed by atoms with van der Waals surface area (Å²) in [4.78, 5) is 19.0. The molecule has 1 fully saturated rings. The first-order chi connectivity index (χ1) is 16.2. The quantitative estimate of drug-likeness (QED) is 0.492. The van der Waals surface area contributed by atoms with Crippen LogP contribution in [0.25, 0.3) is 5.69 Å². The van der Waals surface area contributed by atoms with E-state index in [0.29, 0.717) is 19.0 Å². The van der Waals surface area contributed by atoms with Crippen LogP contribution in [0.4, 0.5) is 5.95 Å². The van der Waals surface area contributed by atoms with Crippen molar-refractivity contribution in [3.63, 3.8) is 0 Å². The molecule has 0 spiro atoms. The average molecular weight is 484 g/mol. The van der Waals surface area contributed by atoms with Crippen LogP contribution in [0.1, 0.15) is 35.4 Å². The first-order valence-electron chi connectivity index (χ1n) is 11.5. The van der Waals surface area contributed by atoms with Gasteiger partial charge in [-0.05, 0) is 54.5 Å². The summed E-state index contributed by atoms with van der Waals surface area (Å²) in [5, 5.41) is 11.9. The Balaban J connectivity index is 1.38. The van der Waals surface area contributed by atoms with Crippen molar-refractivity contribution in [2.24, 2.45) is 0 Å². The molecule has 4 heterocycles. The van der Waals surface area contributed by atoms with E-state index < -0.39 is 0 Å². The van der Waals surface area contributed by atoms with Gasteiger partial charge in [0.2, 0.25) is 11.9 Å². The number of nitrogens with zero attached hydrogens (tertiary/aromatic N) is 5. The number of anilines is 1. The number of hydrogen-bond donors (Lipinski definition) is 0. The summed E-state index contributed by atoms with van der Waals surface area (Å²) in [6.45, 7) is 7.95. The lowest BCUT2D eigenvalue weighted by Crippen LogP contribution is -2.40. The lowest BCUT2D eigenvalue weighted by Gasteiger charge is -2.35. The highest BCUT2D eigenvalue weighted by Gasteiger charge is 2.31. The second kappa shape index (κ2) is 9.87. The second-order valence-corrected chi connectivity index (χ2v) is 10.3. The molecule has 2 aliphatic rings. The zero-order chi connectivity index (χ0) is 22.8. The Hall–Kier alpha value is -2.36. The van der Waals surface area contributed by atoms with Gasteiger partial charge < -0.3 is 14.5 Å². The van der Waals surface area contributed by atoms with Crippen molar-refractivity contribution in [1.82, 2.24) is 19.7 Å². The van der Waals surface area contributed by atoms with E-state index in [4.69, 9.17) is 4.74 Å². The molecule has 0 N–H and O–H groups in total. The molecule has 0 radical (unpaired) electrons. The number of aryl methyl sites for hydroxylation is 1. The van der Waals surface area contributed by atoms with Crippen LogP contribution in [-0.2, 0) is 16.0 Å².